The lowest BCUT2D eigenvalue weighted by molar-refractivity contribution is -0.177. The molecular weight excluding hydrogens is 718 g/mol. The molecule has 0 aromatic heterocycles. The van der Waals surface area contributed by atoms with E-state index in [-0.39, 0.29) is 18.9 Å². The second-order valence-electron chi connectivity index (χ2n) is 17.3. The molecule has 2 aromatic rings. The van der Waals surface area contributed by atoms with E-state index < -0.39 is 81.9 Å². The van der Waals surface area contributed by atoms with Crippen LogP contribution < -0.4 is 22.1 Å². The maximum Gasteiger partial charge on any atom is 0.411 e. The average molecular weight is 774 g/mol. The number of carbonyl (C=O) groups excluding carboxylic acids is 4. The summed E-state index contributed by atoms with van der Waals surface area (Å²) >= 11 is 0. The summed E-state index contributed by atoms with van der Waals surface area (Å²) in [6.45, 7) is 11.9. The molecular formula is C41H55N7O8. The van der Waals surface area contributed by atoms with Crippen molar-refractivity contribution in [3.05, 3.63) is 70.8 Å². The molecule has 4 aliphatic carbocycles. The van der Waals surface area contributed by atoms with Gasteiger partial charge in [0.25, 0.3) is 11.8 Å². The summed E-state index contributed by atoms with van der Waals surface area (Å²) in [7, 11) is 0. The minimum absolute atomic E-state index is 0.240. The highest BCUT2D eigenvalue weighted by Crippen LogP contribution is 2.57. The maximum absolute atomic E-state index is 14.9. The first-order valence-corrected chi connectivity index (χ1v) is 19.4. The van der Waals surface area contributed by atoms with Gasteiger partial charge in [0.15, 0.2) is 0 Å². The number of primary amides is 2. The van der Waals surface area contributed by atoms with Gasteiger partial charge in [0.2, 0.25) is 11.8 Å². The van der Waals surface area contributed by atoms with E-state index in [0.717, 1.165) is 11.1 Å². The number of carbonyl (C=O) groups is 6. The monoisotopic (exact) mass is 773 g/mol. The zero-order valence-electron chi connectivity index (χ0n) is 33.0. The van der Waals surface area contributed by atoms with Gasteiger partial charge in [-0.2, -0.15) is 0 Å². The van der Waals surface area contributed by atoms with Crippen LogP contribution in [0.1, 0.15) is 89.5 Å². The van der Waals surface area contributed by atoms with Gasteiger partial charge in [0.1, 0.15) is 11.1 Å². The van der Waals surface area contributed by atoms with Crippen molar-refractivity contribution in [3.63, 3.8) is 0 Å². The molecule has 6 atom stereocenters. The number of nitrogens with one attached hydrogen (secondary N) is 2. The molecule has 6 aliphatic rings. The minimum atomic E-state index is -1.73. The van der Waals surface area contributed by atoms with Crippen LogP contribution in [0.5, 0.6) is 0 Å². The summed E-state index contributed by atoms with van der Waals surface area (Å²) in [4.78, 5) is 87.5. The Morgan fingerprint density at radius 3 is 1.29 bits per heavy atom. The zero-order valence-corrected chi connectivity index (χ0v) is 33.0. The van der Waals surface area contributed by atoms with E-state index in [0.29, 0.717) is 49.9 Å². The predicted molar refractivity (Wildman–Crippen MR) is 205 cm³/mol. The summed E-state index contributed by atoms with van der Waals surface area (Å²) in [5.41, 5.74) is 9.02. The standard InChI is InChI=1S/C41H55N7O8/c1-23(2)48(30-9-7-19-46(30)40(34(51)44-36(53)54)26-15-11-24(12-16-26)21-28(32(42)49)38(40,3)4)31-10-8-20-47(31)41(35(52)45-37(55)56)27-17-13-25(14-18-27)22-29(33(43)50)39(41,5)6/h11-18,23,28-31H,7-10,19-22H2,1-6H3,(H2,42,49)(H2,43,50)(H,44,51)(H,45,52)(H,53,54)(H,55,56)/t28?,29?,30?,31?,40-,41-/m0/s1. The van der Waals surface area contributed by atoms with Gasteiger partial charge in [-0.25, -0.2) is 9.59 Å². The Kier molecular flexibility index (Phi) is 10.6. The Morgan fingerprint density at radius 1 is 0.661 bits per heavy atom. The lowest BCUT2D eigenvalue weighted by atomic mass is 9.57. The Balaban J connectivity index is 1.59. The van der Waals surface area contributed by atoms with Gasteiger partial charge >= 0.3 is 12.2 Å². The molecule has 56 heavy (non-hydrogen) atoms. The molecule has 4 bridgehead atoms. The molecule has 8 N–H and O–H groups in total. The van der Waals surface area contributed by atoms with E-state index in [9.17, 15) is 39.0 Å². The number of rotatable bonds is 9. The van der Waals surface area contributed by atoms with Crippen molar-refractivity contribution in [3.8, 4) is 0 Å². The first-order valence-electron chi connectivity index (χ1n) is 19.4. The number of imide groups is 2. The van der Waals surface area contributed by atoms with Crippen LogP contribution in [0.3, 0.4) is 0 Å². The van der Waals surface area contributed by atoms with Gasteiger partial charge in [-0.05, 0) is 74.6 Å². The molecule has 8 rings (SSSR count). The van der Waals surface area contributed by atoms with Crippen molar-refractivity contribution in [2.24, 2.45) is 34.1 Å². The predicted octanol–water partition coefficient (Wildman–Crippen LogP) is 3.29. The Hall–Kier alpha value is -4.86. The smallest absolute Gasteiger partial charge is 0.411 e. The fraction of sp³-hybridized carbons (Fsp3) is 0.561. The minimum Gasteiger partial charge on any atom is -0.465 e. The first-order chi connectivity index (χ1) is 26.2. The quantitative estimate of drug-likeness (QED) is 0.217. The molecule has 2 aliphatic heterocycles. The van der Waals surface area contributed by atoms with Crippen LogP contribution in [0, 0.1) is 22.7 Å². The summed E-state index contributed by atoms with van der Waals surface area (Å²) < 4.78 is 0. The number of fused-ring (bicyclic) bond motifs is 10. The largest absolute Gasteiger partial charge is 0.465 e. The topological polar surface area (TPSA) is 229 Å². The molecule has 2 fully saturated rings. The lowest BCUT2D eigenvalue weighted by Crippen LogP contribution is -2.73. The number of hydrogen-bond acceptors (Lipinski definition) is 9. The Bertz CT molecular complexity index is 1780. The van der Waals surface area contributed by atoms with E-state index in [1.807, 2.05) is 72.2 Å². The number of hydrogen-bond donors (Lipinski definition) is 6. The van der Waals surface area contributed by atoms with E-state index >= 15 is 0 Å². The number of carboxylic acid groups (broad SMARTS) is 2. The third-order valence-electron chi connectivity index (χ3n) is 13.6. The number of nitrogens with zero attached hydrogens (tertiary/aromatic N) is 3. The number of nitrogens with two attached hydrogens (primary N) is 2. The highest BCUT2D eigenvalue weighted by atomic mass is 16.4. The fourth-order valence-electron chi connectivity index (χ4n) is 11.2. The normalized spacial score (nSPS) is 29.6. The summed E-state index contributed by atoms with van der Waals surface area (Å²) in [6.07, 6.45) is -1.41. The van der Waals surface area contributed by atoms with E-state index in [2.05, 4.69) is 15.5 Å². The maximum atomic E-state index is 14.9. The van der Waals surface area contributed by atoms with Gasteiger partial charge < -0.3 is 21.7 Å². The third-order valence-corrected chi connectivity index (χ3v) is 13.6. The molecule has 2 saturated heterocycles. The molecule has 0 spiro atoms. The molecule has 6 amide bonds. The molecule has 15 heteroatoms. The highest BCUT2D eigenvalue weighted by molar-refractivity contribution is 6.00. The van der Waals surface area contributed by atoms with Crippen molar-refractivity contribution in [2.75, 3.05) is 13.1 Å². The molecule has 0 radical (unpaired) electrons. The fourth-order valence-corrected chi connectivity index (χ4v) is 11.2. The number of benzene rings is 2. The second kappa shape index (κ2) is 14.6. The van der Waals surface area contributed by atoms with Gasteiger partial charge in [-0.3, -0.25) is 44.5 Å². The first kappa shape index (κ1) is 40.8. The van der Waals surface area contributed by atoms with Crippen molar-refractivity contribution in [1.82, 2.24) is 25.3 Å². The second-order valence-corrected chi connectivity index (χ2v) is 17.3. The van der Waals surface area contributed by atoms with Crippen LogP contribution in [0.4, 0.5) is 9.59 Å². The van der Waals surface area contributed by atoms with Gasteiger partial charge in [-0.1, -0.05) is 76.2 Å². The van der Waals surface area contributed by atoms with Crippen molar-refractivity contribution >= 4 is 35.8 Å². The van der Waals surface area contributed by atoms with Crippen LogP contribution >= 0.6 is 0 Å². The van der Waals surface area contributed by atoms with Crippen molar-refractivity contribution < 1.29 is 39.0 Å². The SMILES string of the molecule is CC(C)N(C1CCCN1[C@]1(C(=O)NC(=O)O)c2ccc(cc2)CC(C(N)=O)C1(C)C)C1CCCN1[C@]1(C(=O)NC(=O)O)c2ccc(cc2)CC(C(N)=O)C1(C)C. The highest BCUT2D eigenvalue weighted by Gasteiger charge is 2.67. The number of likely N-dealkylation sites (tertiary alicyclic amines) is 2. The Labute approximate surface area is 327 Å². The van der Waals surface area contributed by atoms with Crippen molar-refractivity contribution in [1.29, 1.82) is 0 Å². The van der Waals surface area contributed by atoms with E-state index in [1.54, 1.807) is 27.7 Å². The Morgan fingerprint density at radius 2 is 1.00 bits per heavy atom. The van der Waals surface area contributed by atoms with E-state index in [4.69, 9.17) is 11.5 Å². The summed E-state index contributed by atoms with van der Waals surface area (Å²) in [6, 6.07) is 14.4. The van der Waals surface area contributed by atoms with Crippen LogP contribution in [-0.4, -0.2) is 92.2 Å². The molecule has 302 valence electrons. The zero-order chi connectivity index (χ0) is 41.1. The third kappa shape index (κ3) is 6.06. The summed E-state index contributed by atoms with van der Waals surface area (Å²) in [5.74, 6) is -4.58. The van der Waals surface area contributed by atoms with Crippen LogP contribution in [0.2, 0.25) is 0 Å². The number of amides is 6. The lowest BCUT2D eigenvalue weighted by Gasteiger charge is -2.60. The summed E-state index contributed by atoms with van der Waals surface area (Å²) in [5, 5.41) is 24.4. The van der Waals surface area contributed by atoms with Crippen LogP contribution in [-0.2, 0) is 43.1 Å². The van der Waals surface area contributed by atoms with Crippen molar-refractivity contribution in [2.45, 2.75) is 110 Å². The van der Waals surface area contributed by atoms with E-state index in [1.165, 1.54) is 0 Å². The molecule has 15 nitrogen and oxygen atoms in total. The molecule has 2 aromatic carbocycles. The molecule has 2 heterocycles. The van der Waals surface area contributed by atoms with Gasteiger partial charge in [-0.15, -0.1) is 0 Å². The average Bonchev–Trinajstić information content (AvgIpc) is 3.76. The molecule has 4 unspecified atom stereocenters. The van der Waals surface area contributed by atoms with Crippen LogP contribution in [0.25, 0.3) is 0 Å². The van der Waals surface area contributed by atoms with Gasteiger partial charge in [0, 0.05) is 41.8 Å². The van der Waals surface area contributed by atoms with Gasteiger partial charge in [0.05, 0.1) is 12.3 Å². The van der Waals surface area contributed by atoms with Crippen LogP contribution in [0.15, 0.2) is 48.5 Å². The molecule has 0 saturated carbocycles.